The molecule has 0 spiro atoms. The normalized spacial score (nSPS) is 18.6. The maximum atomic E-state index is 12.5. The first kappa shape index (κ1) is 17.1. The Morgan fingerprint density at radius 2 is 2.04 bits per heavy atom. The summed E-state index contributed by atoms with van der Waals surface area (Å²) in [7, 11) is 3.05. The van der Waals surface area contributed by atoms with Gasteiger partial charge in [0.25, 0.3) is 0 Å². The van der Waals surface area contributed by atoms with Gasteiger partial charge in [0, 0.05) is 17.9 Å². The zero-order valence-electron chi connectivity index (χ0n) is 14.3. The molecule has 0 aliphatic heterocycles. The molecule has 0 heterocycles. The Hall–Kier alpha value is -2.30. The Kier molecular flexibility index (Phi) is 5.08. The number of carbonyl (C=O) groups excluding carboxylic acids is 1. The summed E-state index contributed by atoms with van der Waals surface area (Å²) in [4.78, 5) is 17.2. The van der Waals surface area contributed by atoms with Crippen molar-refractivity contribution in [3.63, 3.8) is 0 Å². The number of rotatable bonds is 5. The van der Waals surface area contributed by atoms with Crippen LogP contribution in [0, 0.1) is 19.8 Å². The molecule has 0 aromatic heterocycles. The van der Waals surface area contributed by atoms with Gasteiger partial charge in [0.2, 0.25) is 0 Å². The van der Waals surface area contributed by atoms with Crippen molar-refractivity contribution in [2.75, 3.05) is 14.2 Å². The molecule has 0 bridgehead atoms. The highest BCUT2D eigenvalue weighted by Gasteiger charge is 2.35. The van der Waals surface area contributed by atoms with Gasteiger partial charge in [0.05, 0.1) is 18.4 Å². The summed E-state index contributed by atoms with van der Waals surface area (Å²) in [6.07, 6.45) is 0.760. The Morgan fingerprint density at radius 3 is 2.65 bits per heavy atom. The van der Waals surface area contributed by atoms with E-state index in [1.807, 2.05) is 32.9 Å². The van der Waals surface area contributed by atoms with Crippen LogP contribution < -0.4 is 4.74 Å². The summed E-state index contributed by atoms with van der Waals surface area (Å²) in [6, 6.07) is 3.86. The van der Waals surface area contributed by atoms with Gasteiger partial charge in [-0.15, -0.1) is 0 Å². The highest BCUT2D eigenvalue weighted by Crippen LogP contribution is 2.41. The van der Waals surface area contributed by atoms with Gasteiger partial charge < -0.3 is 14.7 Å². The van der Waals surface area contributed by atoms with Crippen LogP contribution in [0.15, 0.2) is 23.0 Å². The molecule has 124 valence electrons. The first-order valence-corrected chi connectivity index (χ1v) is 7.57. The van der Waals surface area contributed by atoms with Crippen molar-refractivity contribution in [3.8, 4) is 5.75 Å². The fraction of sp³-hybridized carbons (Fsp3) is 0.444. The van der Waals surface area contributed by atoms with E-state index < -0.39 is 0 Å². The molecule has 5 heteroatoms. The third kappa shape index (κ3) is 3.38. The van der Waals surface area contributed by atoms with Gasteiger partial charge in [-0.2, -0.15) is 0 Å². The molecular weight excluding hydrogens is 294 g/mol. The number of ether oxygens (including phenoxy) is 1. The largest absolute Gasteiger partial charge is 0.511 e. The number of hydrogen-bond donors (Lipinski definition) is 1. The molecule has 1 aromatic carbocycles. The number of Topliss-reactive ketones (excluding diaryl/α,β-unsaturated/α-hetero) is 1. The SMILES string of the molecule is CO/N=C(\C)CC1CC(=O)C(c2c(C)cc(C)cc2OC)=C1O. The predicted molar refractivity (Wildman–Crippen MR) is 89.9 cm³/mol. The van der Waals surface area contributed by atoms with Crippen LogP contribution in [0.2, 0.25) is 0 Å². The van der Waals surface area contributed by atoms with Gasteiger partial charge in [0.1, 0.15) is 18.6 Å². The highest BCUT2D eigenvalue weighted by molar-refractivity contribution is 6.24. The maximum absolute atomic E-state index is 12.5. The number of allylic oxidation sites excluding steroid dienone is 2. The number of methoxy groups -OCH3 is 1. The summed E-state index contributed by atoms with van der Waals surface area (Å²) in [5.74, 6) is 0.399. The lowest BCUT2D eigenvalue weighted by Gasteiger charge is -2.14. The Morgan fingerprint density at radius 1 is 1.35 bits per heavy atom. The molecule has 0 fully saturated rings. The number of hydrogen-bond acceptors (Lipinski definition) is 5. The third-order valence-electron chi connectivity index (χ3n) is 4.06. The number of nitrogens with zero attached hydrogens (tertiary/aromatic N) is 1. The van der Waals surface area contributed by atoms with Crippen molar-refractivity contribution >= 4 is 17.1 Å². The smallest absolute Gasteiger partial charge is 0.167 e. The second kappa shape index (κ2) is 6.86. The van der Waals surface area contributed by atoms with Gasteiger partial charge in [0.15, 0.2) is 5.78 Å². The summed E-state index contributed by atoms with van der Waals surface area (Å²) in [5, 5.41) is 14.5. The number of oxime groups is 1. The first-order valence-electron chi connectivity index (χ1n) is 7.57. The first-order chi connectivity index (χ1) is 10.9. The molecule has 0 saturated carbocycles. The zero-order valence-corrected chi connectivity index (χ0v) is 14.3. The average molecular weight is 317 g/mol. The van der Waals surface area contributed by atoms with Crippen molar-refractivity contribution in [2.24, 2.45) is 11.1 Å². The molecule has 2 rings (SSSR count). The van der Waals surface area contributed by atoms with Crippen LogP contribution in [0.4, 0.5) is 0 Å². The molecule has 1 atom stereocenters. The third-order valence-corrected chi connectivity index (χ3v) is 4.06. The Labute approximate surface area is 136 Å². The van der Waals surface area contributed by atoms with E-state index in [1.54, 1.807) is 7.11 Å². The van der Waals surface area contributed by atoms with Gasteiger partial charge in [-0.3, -0.25) is 4.79 Å². The minimum absolute atomic E-state index is 0.0667. The lowest BCUT2D eigenvalue weighted by atomic mass is 9.96. The van der Waals surface area contributed by atoms with E-state index >= 15 is 0 Å². The second-order valence-corrected chi connectivity index (χ2v) is 5.96. The van der Waals surface area contributed by atoms with Crippen molar-refractivity contribution in [3.05, 3.63) is 34.6 Å². The van der Waals surface area contributed by atoms with Gasteiger partial charge >= 0.3 is 0 Å². The zero-order chi connectivity index (χ0) is 17.1. The van der Waals surface area contributed by atoms with E-state index in [0.717, 1.165) is 16.8 Å². The minimum Gasteiger partial charge on any atom is -0.511 e. The number of carbonyl (C=O) groups is 1. The molecule has 0 radical (unpaired) electrons. The standard InChI is InChI=1S/C18H23NO4/c1-10-6-11(2)16(15(7-10)22-4)17-14(20)9-13(18(17)21)8-12(3)19-23-5/h6-7,13,21H,8-9H2,1-5H3/b19-12+. The minimum atomic E-state index is -0.262. The number of ketones is 1. The monoisotopic (exact) mass is 317 g/mol. The van der Waals surface area contributed by atoms with E-state index in [9.17, 15) is 9.90 Å². The highest BCUT2D eigenvalue weighted by atomic mass is 16.6. The molecule has 1 N–H and O–H groups in total. The van der Waals surface area contributed by atoms with E-state index in [4.69, 9.17) is 9.57 Å². The molecule has 1 unspecified atom stereocenters. The number of aliphatic hydroxyl groups is 1. The molecule has 1 aliphatic rings. The maximum Gasteiger partial charge on any atom is 0.167 e. The van der Waals surface area contributed by atoms with Crippen molar-refractivity contribution in [1.29, 1.82) is 0 Å². The summed E-state index contributed by atoms with van der Waals surface area (Å²) in [5.41, 5.74) is 3.76. The Balaban J connectivity index is 2.48. The van der Waals surface area contributed by atoms with Crippen LogP contribution in [0.3, 0.4) is 0 Å². The van der Waals surface area contributed by atoms with Crippen LogP contribution in [-0.4, -0.2) is 30.8 Å². The van der Waals surface area contributed by atoms with Gasteiger partial charge in [-0.05, 0) is 44.4 Å². The molecule has 5 nitrogen and oxygen atoms in total. The van der Waals surface area contributed by atoms with Crippen molar-refractivity contribution < 1.29 is 19.5 Å². The lowest BCUT2D eigenvalue weighted by molar-refractivity contribution is -0.113. The van der Waals surface area contributed by atoms with Crippen molar-refractivity contribution in [2.45, 2.75) is 33.6 Å². The van der Waals surface area contributed by atoms with E-state index in [0.29, 0.717) is 23.3 Å². The van der Waals surface area contributed by atoms with Crippen LogP contribution in [-0.2, 0) is 9.63 Å². The van der Waals surface area contributed by atoms with Crippen LogP contribution in [0.25, 0.3) is 5.57 Å². The predicted octanol–water partition coefficient (Wildman–Crippen LogP) is 3.58. The number of aryl methyl sites for hydroxylation is 2. The molecule has 0 saturated heterocycles. The van der Waals surface area contributed by atoms with Gasteiger partial charge in [-0.1, -0.05) is 11.2 Å². The fourth-order valence-corrected chi connectivity index (χ4v) is 3.17. The fourth-order valence-electron chi connectivity index (χ4n) is 3.17. The average Bonchev–Trinajstić information content (AvgIpc) is 2.73. The van der Waals surface area contributed by atoms with Crippen molar-refractivity contribution in [1.82, 2.24) is 0 Å². The molecule has 23 heavy (non-hydrogen) atoms. The quantitative estimate of drug-likeness (QED) is 0.666. The molecule has 0 amide bonds. The van der Waals surface area contributed by atoms with Crippen LogP contribution in [0.5, 0.6) is 5.75 Å². The second-order valence-electron chi connectivity index (χ2n) is 5.96. The molecule has 1 aromatic rings. The van der Waals surface area contributed by atoms with Crippen LogP contribution in [0.1, 0.15) is 36.5 Å². The molecule has 1 aliphatic carbocycles. The summed E-state index contributed by atoms with van der Waals surface area (Å²) >= 11 is 0. The topological polar surface area (TPSA) is 68.1 Å². The van der Waals surface area contributed by atoms with Gasteiger partial charge in [-0.25, -0.2) is 0 Å². The number of aliphatic hydroxyl groups excluding tert-OH is 1. The van der Waals surface area contributed by atoms with E-state index in [1.165, 1.54) is 7.11 Å². The number of benzene rings is 1. The summed E-state index contributed by atoms with van der Waals surface area (Å²) in [6.45, 7) is 5.71. The van der Waals surface area contributed by atoms with E-state index in [2.05, 4.69) is 5.16 Å². The summed E-state index contributed by atoms with van der Waals surface area (Å²) < 4.78 is 5.43. The van der Waals surface area contributed by atoms with E-state index in [-0.39, 0.29) is 23.9 Å². The Bertz CT molecular complexity index is 689. The molecular formula is C18H23NO4. The lowest BCUT2D eigenvalue weighted by Crippen LogP contribution is -2.06. The van der Waals surface area contributed by atoms with Crippen LogP contribution >= 0.6 is 0 Å².